The number of ether oxygens (including phenoxy) is 1. The molecule has 0 spiro atoms. The van der Waals surface area contributed by atoms with E-state index in [4.69, 9.17) is 4.74 Å². The van der Waals surface area contributed by atoms with E-state index < -0.39 is 6.04 Å². The van der Waals surface area contributed by atoms with Gasteiger partial charge in [0.15, 0.2) is 11.5 Å². The molecule has 2 atom stereocenters. The maximum atomic E-state index is 12.8. The summed E-state index contributed by atoms with van der Waals surface area (Å²) in [6.07, 6.45) is 0.540. The van der Waals surface area contributed by atoms with Crippen LogP contribution in [0, 0.1) is 0 Å². The fourth-order valence-corrected chi connectivity index (χ4v) is 2.82. The highest BCUT2D eigenvalue weighted by Crippen LogP contribution is 2.32. The summed E-state index contributed by atoms with van der Waals surface area (Å²) in [5.41, 5.74) is 0.135. The lowest BCUT2D eigenvalue weighted by atomic mass is 10.1. The standard InChI is InChI=1S/C16H23N3O4/c1-4-18-15(21)12-8-10(17-2)9-19(12)16(22)11-6-5-7-13(23-3)14(11)20/h5-7,10,12,17,20H,4,8-9H2,1-3H3,(H,18,21)/t10-,12+/m1/s1. The number of carbonyl (C=O) groups excluding carboxylic acids is 2. The summed E-state index contributed by atoms with van der Waals surface area (Å²) in [6, 6.07) is 4.23. The van der Waals surface area contributed by atoms with Gasteiger partial charge in [0.25, 0.3) is 5.91 Å². The molecule has 0 aliphatic carbocycles. The molecule has 0 bridgehead atoms. The minimum Gasteiger partial charge on any atom is -0.504 e. The lowest BCUT2D eigenvalue weighted by Gasteiger charge is -2.24. The zero-order chi connectivity index (χ0) is 17.0. The number of benzene rings is 1. The molecule has 3 N–H and O–H groups in total. The molecule has 0 aromatic heterocycles. The van der Waals surface area contributed by atoms with Gasteiger partial charge in [-0.25, -0.2) is 0 Å². The number of nitrogens with one attached hydrogen (secondary N) is 2. The SMILES string of the molecule is CCNC(=O)[C@@H]1C[C@@H](NC)CN1C(=O)c1cccc(OC)c1O. The van der Waals surface area contributed by atoms with E-state index in [2.05, 4.69) is 10.6 Å². The Labute approximate surface area is 135 Å². The van der Waals surface area contributed by atoms with Gasteiger partial charge in [0.05, 0.1) is 12.7 Å². The zero-order valence-electron chi connectivity index (χ0n) is 13.6. The molecule has 7 heteroatoms. The molecule has 1 aromatic carbocycles. The Morgan fingerprint density at radius 3 is 2.78 bits per heavy atom. The fraction of sp³-hybridized carbons (Fsp3) is 0.500. The molecule has 7 nitrogen and oxygen atoms in total. The van der Waals surface area contributed by atoms with Gasteiger partial charge >= 0.3 is 0 Å². The van der Waals surface area contributed by atoms with Gasteiger partial charge < -0.3 is 25.4 Å². The molecule has 1 aromatic rings. The topological polar surface area (TPSA) is 90.9 Å². The number of phenolic OH excluding ortho intramolecular Hbond substituents is 1. The van der Waals surface area contributed by atoms with Crippen molar-refractivity contribution in [2.24, 2.45) is 0 Å². The van der Waals surface area contributed by atoms with Crippen LogP contribution in [0.4, 0.5) is 0 Å². The van der Waals surface area contributed by atoms with E-state index in [1.54, 1.807) is 19.2 Å². The lowest BCUT2D eigenvalue weighted by molar-refractivity contribution is -0.124. The minimum atomic E-state index is -0.550. The molecule has 23 heavy (non-hydrogen) atoms. The average molecular weight is 321 g/mol. The number of likely N-dealkylation sites (tertiary alicyclic amines) is 1. The van der Waals surface area contributed by atoms with Gasteiger partial charge in [0.1, 0.15) is 6.04 Å². The van der Waals surface area contributed by atoms with Crippen molar-refractivity contribution in [3.8, 4) is 11.5 Å². The number of carbonyl (C=O) groups is 2. The van der Waals surface area contributed by atoms with Gasteiger partial charge in [-0.3, -0.25) is 9.59 Å². The number of para-hydroxylation sites is 1. The summed E-state index contributed by atoms with van der Waals surface area (Å²) in [4.78, 5) is 26.6. The summed E-state index contributed by atoms with van der Waals surface area (Å²) >= 11 is 0. The summed E-state index contributed by atoms with van der Waals surface area (Å²) in [5.74, 6) is -0.534. The van der Waals surface area contributed by atoms with Crippen molar-refractivity contribution in [3.05, 3.63) is 23.8 Å². The number of hydrogen-bond acceptors (Lipinski definition) is 5. The molecular formula is C16H23N3O4. The first-order valence-corrected chi connectivity index (χ1v) is 7.65. The van der Waals surface area contributed by atoms with E-state index in [1.165, 1.54) is 18.1 Å². The van der Waals surface area contributed by atoms with Gasteiger partial charge in [-0.2, -0.15) is 0 Å². The Hall–Kier alpha value is -2.28. The van der Waals surface area contributed by atoms with E-state index in [0.717, 1.165) is 0 Å². The molecule has 1 saturated heterocycles. The Kier molecular flexibility index (Phi) is 5.44. The van der Waals surface area contributed by atoms with E-state index in [0.29, 0.717) is 19.5 Å². The predicted octanol–water partition coefficient (Wildman–Crippen LogP) is 0.339. The van der Waals surface area contributed by atoms with Crippen LogP contribution in [0.5, 0.6) is 11.5 Å². The van der Waals surface area contributed by atoms with Crippen molar-refractivity contribution in [3.63, 3.8) is 0 Å². The van der Waals surface area contributed by atoms with Crippen LogP contribution >= 0.6 is 0 Å². The molecule has 1 heterocycles. The fourth-order valence-electron chi connectivity index (χ4n) is 2.82. The van der Waals surface area contributed by atoms with Crippen LogP contribution in [0.2, 0.25) is 0 Å². The van der Waals surface area contributed by atoms with Gasteiger partial charge in [-0.05, 0) is 32.5 Å². The summed E-state index contributed by atoms with van der Waals surface area (Å²) in [5, 5.41) is 16.0. The monoisotopic (exact) mass is 321 g/mol. The minimum absolute atomic E-state index is 0.0410. The molecule has 1 aliphatic rings. The Bertz CT molecular complexity index is 591. The Morgan fingerprint density at radius 1 is 1.43 bits per heavy atom. The van der Waals surface area contributed by atoms with E-state index in [1.807, 2.05) is 6.92 Å². The molecule has 1 fully saturated rings. The molecule has 0 unspecified atom stereocenters. The van der Waals surface area contributed by atoms with Crippen LogP contribution < -0.4 is 15.4 Å². The van der Waals surface area contributed by atoms with Crippen molar-refractivity contribution >= 4 is 11.8 Å². The maximum Gasteiger partial charge on any atom is 0.258 e. The molecule has 0 radical (unpaired) electrons. The summed E-state index contributed by atoms with van der Waals surface area (Å²) in [6.45, 7) is 2.75. The van der Waals surface area contributed by atoms with Crippen molar-refractivity contribution < 1.29 is 19.4 Å². The highest BCUT2D eigenvalue weighted by Gasteiger charge is 2.39. The second-order valence-corrected chi connectivity index (χ2v) is 5.45. The number of likely N-dealkylation sites (N-methyl/N-ethyl adjacent to an activating group) is 2. The number of rotatable bonds is 5. The van der Waals surface area contributed by atoms with Gasteiger partial charge in [0.2, 0.25) is 5.91 Å². The summed E-state index contributed by atoms with van der Waals surface area (Å²) in [7, 11) is 3.23. The Balaban J connectivity index is 2.30. The number of hydrogen-bond donors (Lipinski definition) is 3. The third-order valence-electron chi connectivity index (χ3n) is 4.07. The first-order chi connectivity index (χ1) is 11.0. The van der Waals surface area contributed by atoms with E-state index >= 15 is 0 Å². The molecule has 0 saturated carbocycles. The molecule has 2 amide bonds. The molecular weight excluding hydrogens is 298 g/mol. The van der Waals surface area contributed by atoms with Gasteiger partial charge in [-0.1, -0.05) is 6.07 Å². The highest BCUT2D eigenvalue weighted by atomic mass is 16.5. The van der Waals surface area contributed by atoms with Crippen LogP contribution in [-0.2, 0) is 4.79 Å². The predicted molar refractivity (Wildman–Crippen MR) is 85.6 cm³/mol. The van der Waals surface area contributed by atoms with Crippen LogP contribution in [0.3, 0.4) is 0 Å². The third kappa shape index (κ3) is 3.39. The van der Waals surface area contributed by atoms with Crippen LogP contribution in [-0.4, -0.2) is 61.2 Å². The quantitative estimate of drug-likeness (QED) is 0.727. The smallest absolute Gasteiger partial charge is 0.258 e. The number of aromatic hydroxyl groups is 1. The van der Waals surface area contributed by atoms with Crippen LogP contribution in [0.25, 0.3) is 0 Å². The number of amides is 2. The number of methoxy groups -OCH3 is 1. The third-order valence-corrected chi connectivity index (χ3v) is 4.07. The average Bonchev–Trinajstić information content (AvgIpc) is 2.99. The number of nitrogens with zero attached hydrogens (tertiary/aromatic N) is 1. The first kappa shape index (κ1) is 17.1. The second-order valence-electron chi connectivity index (χ2n) is 5.45. The zero-order valence-corrected chi connectivity index (χ0v) is 13.6. The molecule has 2 rings (SSSR count). The normalized spacial score (nSPS) is 20.4. The Morgan fingerprint density at radius 2 is 2.17 bits per heavy atom. The van der Waals surface area contributed by atoms with Crippen molar-refractivity contribution in [2.45, 2.75) is 25.4 Å². The van der Waals surface area contributed by atoms with Crippen LogP contribution in [0.1, 0.15) is 23.7 Å². The van der Waals surface area contributed by atoms with Gasteiger partial charge in [0, 0.05) is 19.1 Å². The van der Waals surface area contributed by atoms with Crippen LogP contribution in [0.15, 0.2) is 18.2 Å². The maximum absolute atomic E-state index is 12.8. The van der Waals surface area contributed by atoms with Crippen molar-refractivity contribution in [1.29, 1.82) is 0 Å². The number of phenols is 1. The van der Waals surface area contributed by atoms with E-state index in [9.17, 15) is 14.7 Å². The highest BCUT2D eigenvalue weighted by molar-refractivity contribution is 6.00. The largest absolute Gasteiger partial charge is 0.504 e. The molecule has 126 valence electrons. The van der Waals surface area contributed by atoms with Gasteiger partial charge in [-0.15, -0.1) is 0 Å². The van der Waals surface area contributed by atoms with Crippen molar-refractivity contribution in [2.75, 3.05) is 27.2 Å². The first-order valence-electron chi connectivity index (χ1n) is 7.65. The summed E-state index contributed by atoms with van der Waals surface area (Å²) < 4.78 is 5.04. The lowest BCUT2D eigenvalue weighted by Crippen LogP contribution is -2.46. The second kappa shape index (κ2) is 7.32. The van der Waals surface area contributed by atoms with E-state index in [-0.39, 0.29) is 34.9 Å². The van der Waals surface area contributed by atoms with Crippen molar-refractivity contribution in [1.82, 2.24) is 15.5 Å². The molecule has 1 aliphatic heterocycles.